The molecule has 164 valence electrons. The van der Waals surface area contributed by atoms with Crippen molar-refractivity contribution in [3.8, 4) is 0 Å². The van der Waals surface area contributed by atoms with Crippen molar-refractivity contribution < 1.29 is 26.4 Å². The maximum atomic E-state index is 12.7. The molecule has 0 aliphatic heterocycles. The molecule has 10 heteroatoms. The number of hydrogen-bond donors (Lipinski definition) is 1. The van der Waals surface area contributed by atoms with E-state index in [1.807, 2.05) is 6.92 Å². The van der Waals surface area contributed by atoms with Crippen LogP contribution in [-0.4, -0.2) is 33.4 Å². The Morgan fingerprint density at radius 3 is 2.26 bits per heavy atom. The van der Waals surface area contributed by atoms with Crippen LogP contribution in [-0.2, 0) is 24.8 Å². The molecule has 1 heterocycles. The Labute approximate surface area is 181 Å². The zero-order chi connectivity index (χ0) is 22.5. The van der Waals surface area contributed by atoms with Crippen molar-refractivity contribution >= 4 is 31.7 Å². The molecule has 0 atom stereocenters. The fraction of sp³-hybridized carbons (Fsp3) is 0.190. The fourth-order valence-electron chi connectivity index (χ4n) is 2.66. The highest BCUT2D eigenvalue weighted by Crippen LogP contribution is 2.20. The standard InChI is InChI=1S/C21H22N2O6S2/c1-2-3-15-29-21(24)17-9-11-18(12-10-17)22-30(25,26)20-13-14-23(16-20)31(27,28)19-7-5-4-6-8-19/h4-14,16,22H,2-3,15H2,1H3. The molecule has 0 aliphatic rings. The van der Waals surface area contributed by atoms with Crippen LogP contribution in [0.25, 0.3) is 0 Å². The number of sulfonamides is 1. The summed E-state index contributed by atoms with van der Waals surface area (Å²) in [5, 5.41) is 0. The van der Waals surface area contributed by atoms with E-state index in [9.17, 15) is 21.6 Å². The predicted molar refractivity (Wildman–Crippen MR) is 116 cm³/mol. The van der Waals surface area contributed by atoms with Gasteiger partial charge in [0, 0.05) is 18.1 Å². The van der Waals surface area contributed by atoms with E-state index in [4.69, 9.17) is 4.74 Å². The minimum Gasteiger partial charge on any atom is -0.462 e. The number of esters is 1. The molecule has 0 spiro atoms. The molecule has 0 saturated carbocycles. The lowest BCUT2D eigenvalue weighted by molar-refractivity contribution is 0.0499. The van der Waals surface area contributed by atoms with Gasteiger partial charge in [-0.2, -0.15) is 0 Å². The first kappa shape index (κ1) is 22.6. The Morgan fingerprint density at radius 2 is 1.61 bits per heavy atom. The predicted octanol–water partition coefficient (Wildman–Crippen LogP) is 3.48. The molecule has 2 aromatic carbocycles. The van der Waals surface area contributed by atoms with Crippen LogP contribution in [0.3, 0.4) is 0 Å². The summed E-state index contributed by atoms with van der Waals surface area (Å²) in [6, 6.07) is 14.7. The van der Waals surface area contributed by atoms with Gasteiger partial charge in [0.2, 0.25) is 0 Å². The minimum atomic E-state index is -4.04. The van der Waals surface area contributed by atoms with Crippen molar-refractivity contribution in [2.45, 2.75) is 29.6 Å². The number of benzene rings is 2. The highest BCUT2D eigenvalue weighted by atomic mass is 32.2. The monoisotopic (exact) mass is 462 g/mol. The van der Waals surface area contributed by atoms with Gasteiger partial charge in [0.05, 0.1) is 17.1 Å². The van der Waals surface area contributed by atoms with Gasteiger partial charge in [0.1, 0.15) is 4.90 Å². The van der Waals surface area contributed by atoms with Crippen LogP contribution in [0.15, 0.2) is 82.8 Å². The summed E-state index contributed by atoms with van der Waals surface area (Å²) >= 11 is 0. The highest BCUT2D eigenvalue weighted by Gasteiger charge is 2.21. The van der Waals surface area contributed by atoms with E-state index < -0.39 is 26.0 Å². The fourth-order valence-corrected chi connectivity index (χ4v) is 5.00. The molecule has 8 nitrogen and oxygen atoms in total. The summed E-state index contributed by atoms with van der Waals surface area (Å²) in [6.07, 6.45) is 3.88. The molecule has 0 fully saturated rings. The second-order valence-electron chi connectivity index (χ2n) is 6.67. The summed E-state index contributed by atoms with van der Waals surface area (Å²) in [6.45, 7) is 2.31. The summed E-state index contributed by atoms with van der Waals surface area (Å²) in [7, 11) is -7.94. The zero-order valence-corrected chi connectivity index (χ0v) is 18.4. The maximum Gasteiger partial charge on any atom is 0.338 e. The largest absolute Gasteiger partial charge is 0.462 e. The first-order valence-corrected chi connectivity index (χ1v) is 12.4. The van der Waals surface area contributed by atoms with Gasteiger partial charge in [-0.25, -0.2) is 25.6 Å². The van der Waals surface area contributed by atoms with E-state index in [1.165, 1.54) is 48.7 Å². The molecule has 0 aliphatic carbocycles. The Balaban J connectivity index is 1.74. The Kier molecular flexibility index (Phi) is 6.81. The number of rotatable bonds is 9. The van der Waals surface area contributed by atoms with Crippen LogP contribution in [0.1, 0.15) is 30.1 Å². The number of carbonyl (C=O) groups excluding carboxylic acids is 1. The van der Waals surface area contributed by atoms with Gasteiger partial charge in [-0.1, -0.05) is 31.5 Å². The molecular weight excluding hydrogens is 440 g/mol. The molecule has 0 unspecified atom stereocenters. The second-order valence-corrected chi connectivity index (χ2v) is 10.2. The highest BCUT2D eigenvalue weighted by molar-refractivity contribution is 7.93. The lowest BCUT2D eigenvalue weighted by atomic mass is 10.2. The van der Waals surface area contributed by atoms with Crippen molar-refractivity contribution in [1.29, 1.82) is 0 Å². The normalized spacial score (nSPS) is 11.8. The molecule has 31 heavy (non-hydrogen) atoms. The van der Waals surface area contributed by atoms with Crippen molar-refractivity contribution in [2.24, 2.45) is 0 Å². The van der Waals surface area contributed by atoms with E-state index in [1.54, 1.807) is 18.2 Å². The molecule has 0 bridgehead atoms. The number of aromatic nitrogens is 1. The lowest BCUT2D eigenvalue weighted by Crippen LogP contribution is -2.14. The van der Waals surface area contributed by atoms with Crippen LogP contribution in [0, 0.1) is 0 Å². The quantitative estimate of drug-likeness (QED) is 0.385. The average molecular weight is 463 g/mol. The molecule has 0 amide bonds. The van der Waals surface area contributed by atoms with Crippen LogP contribution in [0.2, 0.25) is 0 Å². The van der Waals surface area contributed by atoms with Crippen LogP contribution < -0.4 is 4.72 Å². The van der Waals surface area contributed by atoms with E-state index >= 15 is 0 Å². The number of unbranched alkanes of at least 4 members (excludes halogenated alkanes) is 1. The van der Waals surface area contributed by atoms with Crippen LogP contribution in [0.4, 0.5) is 5.69 Å². The number of hydrogen-bond acceptors (Lipinski definition) is 6. The zero-order valence-electron chi connectivity index (χ0n) is 16.8. The topological polar surface area (TPSA) is 112 Å². The van der Waals surface area contributed by atoms with Gasteiger partial charge >= 0.3 is 5.97 Å². The van der Waals surface area contributed by atoms with E-state index in [0.717, 1.165) is 23.0 Å². The summed E-state index contributed by atoms with van der Waals surface area (Å²) in [5.41, 5.74) is 0.530. The van der Waals surface area contributed by atoms with Crippen LogP contribution in [0.5, 0.6) is 0 Å². The first-order chi connectivity index (χ1) is 14.7. The Morgan fingerprint density at radius 1 is 0.935 bits per heavy atom. The number of nitrogens with zero attached hydrogens (tertiary/aromatic N) is 1. The van der Waals surface area contributed by atoms with Crippen molar-refractivity contribution in [3.63, 3.8) is 0 Å². The van der Waals surface area contributed by atoms with Crippen LogP contribution >= 0.6 is 0 Å². The lowest BCUT2D eigenvalue weighted by Gasteiger charge is -2.08. The summed E-state index contributed by atoms with van der Waals surface area (Å²) in [5.74, 6) is -0.481. The number of ether oxygens (including phenoxy) is 1. The third kappa shape index (κ3) is 5.33. The van der Waals surface area contributed by atoms with E-state index in [-0.39, 0.29) is 15.5 Å². The Hall–Kier alpha value is -3.11. The third-order valence-corrected chi connectivity index (χ3v) is 7.39. The van der Waals surface area contributed by atoms with Gasteiger partial charge in [-0.15, -0.1) is 0 Å². The molecule has 1 aromatic heterocycles. The molecular formula is C21H22N2O6S2. The van der Waals surface area contributed by atoms with Gasteiger partial charge in [-0.3, -0.25) is 4.72 Å². The average Bonchev–Trinajstić information content (AvgIpc) is 3.27. The van der Waals surface area contributed by atoms with Gasteiger partial charge in [0.25, 0.3) is 20.0 Å². The summed E-state index contributed by atoms with van der Waals surface area (Å²) < 4.78 is 58.9. The second kappa shape index (κ2) is 9.36. The number of nitrogens with one attached hydrogen (secondary N) is 1. The van der Waals surface area contributed by atoms with E-state index in [2.05, 4.69) is 4.72 Å². The van der Waals surface area contributed by atoms with Gasteiger partial charge in [-0.05, 0) is 48.9 Å². The minimum absolute atomic E-state index is 0.0453. The van der Waals surface area contributed by atoms with Gasteiger partial charge in [0.15, 0.2) is 0 Å². The number of anilines is 1. The van der Waals surface area contributed by atoms with E-state index in [0.29, 0.717) is 12.2 Å². The van der Waals surface area contributed by atoms with Gasteiger partial charge < -0.3 is 4.74 Å². The molecule has 0 saturated heterocycles. The smallest absolute Gasteiger partial charge is 0.338 e. The SMILES string of the molecule is CCCCOC(=O)c1ccc(NS(=O)(=O)c2ccn(S(=O)(=O)c3ccccc3)c2)cc1. The third-order valence-electron chi connectivity index (χ3n) is 4.37. The molecule has 3 rings (SSSR count). The Bertz CT molecular complexity index is 1250. The maximum absolute atomic E-state index is 12.7. The summed E-state index contributed by atoms with van der Waals surface area (Å²) in [4.78, 5) is 11.8. The first-order valence-electron chi connectivity index (χ1n) is 9.52. The number of carbonyl (C=O) groups is 1. The molecule has 1 N–H and O–H groups in total. The van der Waals surface area contributed by atoms with Crippen molar-refractivity contribution in [1.82, 2.24) is 3.97 Å². The van der Waals surface area contributed by atoms with Crippen molar-refractivity contribution in [3.05, 3.63) is 78.6 Å². The molecule has 3 aromatic rings. The van der Waals surface area contributed by atoms with Crippen molar-refractivity contribution in [2.75, 3.05) is 11.3 Å². The molecule has 0 radical (unpaired) electrons.